The zero-order valence-electron chi connectivity index (χ0n) is 6.87. The third-order valence-electron chi connectivity index (χ3n) is 1.64. The first kappa shape index (κ1) is 8.62. The maximum absolute atomic E-state index is 5.70. The van der Waals surface area contributed by atoms with Crippen LogP contribution in [-0.4, -0.2) is 6.26 Å². The van der Waals surface area contributed by atoms with Crippen LogP contribution >= 0.6 is 11.8 Å². The molecule has 0 unspecified atom stereocenters. The Hall–Kier alpha value is -0.470. The fourth-order valence-electron chi connectivity index (χ4n) is 0.907. The molecule has 0 saturated heterocycles. The van der Waals surface area contributed by atoms with Gasteiger partial charge in [0.15, 0.2) is 0 Å². The standard InChI is InChI=1S/C9H13NS/c1-7(10)8-3-5-9(11-2)6-4-8/h3-7H,10H2,1-2H3/t7-/m1/s1. The van der Waals surface area contributed by atoms with Gasteiger partial charge in [-0.25, -0.2) is 0 Å². The molecule has 1 atom stereocenters. The summed E-state index contributed by atoms with van der Waals surface area (Å²) in [4.78, 5) is 1.29. The number of thioether (sulfide) groups is 1. The summed E-state index contributed by atoms with van der Waals surface area (Å²) >= 11 is 1.75. The smallest absolute Gasteiger partial charge is 0.0266 e. The van der Waals surface area contributed by atoms with Crippen molar-refractivity contribution in [2.75, 3.05) is 6.26 Å². The van der Waals surface area contributed by atoms with Gasteiger partial charge >= 0.3 is 0 Å². The molecule has 0 amide bonds. The zero-order chi connectivity index (χ0) is 8.27. The molecule has 11 heavy (non-hydrogen) atoms. The quantitative estimate of drug-likeness (QED) is 0.685. The highest BCUT2D eigenvalue weighted by Gasteiger charge is 1.97. The van der Waals surface area contributed by atoms with Crippen LogP contribution in [0.15, 0.2) is 29.2 Å². The number of nitrogens with two attached hydrogens (primary N) is 1. The van der Waals surface area contributed by atoms with Crippen LogP contribution < -0.4 is 5.73 Å². The number of hydrogen-bond acceptors (Lipinski definition) is 2. The third kappa shape index (κ3) is 2.24. The van der Waals surface area contributed by atoms with Gasteiger partial charge in [-0.3, -0.25) is 0 Å². The van der Waals surface area contributed by atoms with E-state index in [9.17, 15) is 0 Å². The number of hydrogen-bond donors (Lipinski definition) is 1. The predicted octanol–water partition coefficient (Wildman–Crippen LogP) is 2.43. The maximum Gasteiger partial charge on any atom is 0.0266 e. The molecular formula is C9H13NS. The topological polar surface area (TPSA) is 26.0 Å². The zero-order valence-corrected chi connectivity index (χ0v) is 7.69. The molecule has 1 nitrogen and oxygen atoms in total. The Balaban J connectivity index is 2.83. The van der Waals surface area contributed by atoms with Gasteiger partial charge < -0.3 is 5.73 Å². The molecule has 0 aromatic heterocycles. The summed E-state index contributed by atoms with van der Waals surface area (Å²) < 4.78 is 0. The molecule has 1 aromatic carbocycles. The molecule has 0 aliphatic heterocycles. The summed E-state index contributed by atoms with van der Waals surface area (Å²) in [5.41, 5.74) is 6.90. The van der Waals surface area contributed by atoms with Gasteiger partial charge in [-0.15, -0.1) is 11.8 Å². The number of rotatable bonds is 2. The van der Waals surface area contributed by atoms with Crippen molar-refractivity contribution in [2.24, 2.45) is 5.73 Å². The molecular weight excluding hydrogens is 154 g/mol. The molecule has 0 radical (unpaired) electrons. The third-order valence-corrected chi connectivity index (χ3v) is 2.39. The van der Waals surface area contributed by atoms with Gasteiger partial charge in [0.05, 0.1) is 0 Å². The first-order valence-corrected chi connectivity index (χ1v) is 4.86. The first-order chi connectivity index (χ1) is 5.24. The lowest BCUT2D eigenvalue weighted by atomic mass is 10.1. The highest BCUT2D eigenvalue weighted by atomic mass is 32.2. The van der Waals surface area contributed by atoms with Gasteiger partial charge in [0.1, 0.15) is 0 Å². The molecule has 60 valence electrons. The Bertz CT molecular complexity index is 216. The summed E-state index contributed by atoms with van der Waals surface area (Å²) in [5.74, 6) is 0. The molecule has 0 heterocycles. The highest BCUT2D eigenvalue weighted by Crippen LogP contribution is 2.17. The second-order valence-electron chi connectivity index (χ2n) is 2.56. The van der Waals surface area contributed by atoms with Crippen LogP contribution in [0.25, 0.3) is 0 Å². The largest absolute Gasteiger partial charge is 0.324 e. The van der Waals surface area contributed by atoms with Crippen LogP contribution in [0.1, 0.15) is 18.5 Å². The molecule has 1 aromatic rings. The molecule has 2 heteroatoms. The minimum Gasteiger partial charge on any atom is -0.324 e. The van der Waals surface area contributed by atoms with E-state index < -0.39 is 0 Å². The Morgan fingerprint density at radius 1 is 1.27 bits per heavy atom. The SMILES string of the molecule is CSc1ccc([C@@H](C)N)cc1. The van der Waals surface area contributed by atoms with Crippen molar-refractivity contribution in [3.63, 3.8) is 0 Å². The molecule has 1 rings (SSSR count). The molecule has 2 N–H and O–H groups in total. The molecule has 0 bridgehead atoms. The van der Waals surface area contributed by atoms with E-state index in [1.165, 1.54) is 10.5 Å². The van der Waals surface area contributed by atoms with Crippen molar-refractivity contribution < 1.29 is 0 Å². The number of benzene rings is 1. The van der Waals surface area contributed by atoms with Crippen molar-refractivity contribution in [3.8, 4) is 0 Å². The van der Waals surface area contributed by atoms with Crippen molar-refractivity contribution in [1.82, 2.24) is 0 Å². The monoisotopic (exact) mass is 167 g/mol. The van der Waals surface area contributed by atoms with E-state index in [-0.39, 0.29) is 6.04 Å². The van der Waals surface area contributed by atoms with Gasteiger partial charge in [0, 0.05) is 10.9 Å². The fraction of sp³-hybridized carbons (Fsp3) is 0.333. The van der Waals surface area contributed by atoms with Crippen molar-refractivity contribution >= 4 is 11.8 Å². The maximum atomic E-state index is 5.70. The van der Waals surface area contributed by atoms with Gasteiger partial charge in [-0.2, -0.15) is 0 Å². The Kier molecular flexibility index (Phi) is 2.97. The molecule has 0 spiro atoms. The minimum absolute atomic E-state index is 0.144. The average Bonchev–Trinajstić information content (AvgIpc) is 2.05. The van der Waals surface area contributed by atoms with Crippen molar-refractivity contribution in [3.05, 3.63) is 29.8 Å². The van der Waals surface area contributed by atoms with E-state index in [0.717, 1.165) is 0 Å². The highest BCUT2D eigenvalue weighted by molar-refractivity contribution is 7.98. The molecule has 0 aliphatic rings. The van der Waals surface area contributed by atoms with Gasteiger partial charge in [0.2, 0.25) is 0 Å². The van der Waals surface area contributed by atoms with Gasteiger partial charge in [-0.05, 0) is 30.9 Å². The lowest BCUT2D eigenvalue weighted by Gasteiger charge is -2.04. The lowest BCUT2D eigenvalue weighted by molar-refractivity contribution is 0.817. The van der Waals surface area contributed by atoms with E-state index in [1.807, 2.05) is 6.92 Å². The summed E-state index contributed by atoms with van der Waals surface area (Å²) in [7, 11) is 0. The van der Waals surface area contributed by atoms with Crippen LogP contribution in [0.5, 0.6) is 0 Å². The van der Waals surface area contributed by atoms with Gasteiger partial charge in [0.25, 0.3) is 0 Å². The summed E-state index contributed by atoms with van der Waals surface area (Å²) in [5, 5.41) is 0. The second-order valence-corrected chi connectivity index (χ2v) is 3.44. The van der Waals surface area contributed by atoms with E-state index >= 15 is 0 Å². The van der Waals surface area contributed by atoms with Crippen LogP contribution in [-0.2, 0) is 0 Å². The van der Waals surface area contributed by atoms with Gasteiger partial charge in [-0.1, -0.05) is 12.1 Å². The lowest BCUT2D eigenvalue weighted by Crippen LogP contribution is -2.04. The van der Waals surface area contributed by atoms with Crippen LogP contribution in [0, 0.1) is 0 Å². The van der Waals surface area contributed by atoms with Crippen molar-refractivity contribution in [2.45, 2.75) is 17.9 Å². The van der Waals surface area contributed by atoms with Crippen LogP contribution in [0.3, 0.4) is 0 Å². The Labute approximate surface area is 72.0 Å². The summed E-state index contributed by atoms with van der Waals surface area (Å²) in [6.45, 7) is 1.99. The van der Waals surface area contributed by atoms with E-state index in [1.54, 1.807) is 11.8 Å². The predicted molar refractivity (Wildman–Crippen MR) is 50.8 cm³/mol. The van der Waals surface area contributed by atoms with E-state index in [0.29, 0.717) is 0 Å². The van der Waals surface area contributed by atoms with Crippen molar-refractivity contribution in [1.29, 1.82) is 0 Å². The summed E-state index contributed by atoms with van der Waals surface area (Å²) in [6.07, 6.45) is 2.07. The average molecular weight is 167 g/mol. The fourth-order valence-corrected chi connectivity index (χ4v) is 1.32. The Morgan fingerprint density at radius 2 is 1.82 bits per heavy atom. The van der Waals surface area contributed by atoms with E-state index in [2.05, 4.69) is 30.5 Å². The minimum atomic E-state index is 0.144. The van der Waals surface area contributed by atoms with E-state index in [4.69, 9.17) is 5.73 Å². The molecule has 0 saturated carbocycles. The Morgan fingerprint density at radius 3 is 2.18 bits per heavy atom. The molecule has 0 fully saturated rings. The normalized spacial score (nSPS) is 13.0. The molecule has 0 aliphatic carbocycles. The first-order valence-electron chi connectivity index (χ1n) is 3.63. The second kappa shape index (κ2) is 3.79. The van der Waals surface area contributed by atoms with Crippen LogP contribution in [0.4, 0.5) is 0 Å². The summed E-state index contributed by atoms with van der Waals surface area (Å²) in [6, 6.07) is 8.51. The van der Waals surface area contributed by atoms with Crippen LogP contribution in [0.2, 0.25) is 0 Å².